The molecule has 1 fully saturated rings. The normalized spacial score (nSPS) is 15.0. The van der Waals surface area contributed by atoms with Gasteiger partial charge in [-0.1, -0.05) is 124 Å². The van der Waals surface area contributed by atoms with Crippen LogP contribution in [0.1, 0.15) is 162 Å². The van der Waals surface area contributed by atoms with E-state index in [0.717, 1.165) is 77.0 Å². The summed E-state index contributed by atoms with van der Waals surface area (Å²) in [6, 6.07) is 0. The lowest BCUT2D eigenvalue weighted by Crippen LogP contribution is -2.24. The van der Waals surface area contributed by atoms with Crippen molar-refractivity contribution in [2.45, 2.75) is 162 Å². The van der Waals surface area contributed by atoms with Gasteiger partial charge in [-0.25, -0.2) is 9.59 Å². The zero-order valence-corrected chi connectivity index (χ0v) is 24.2. The molecule has 0 saturated heterocycles. The van der Waals surface area contributed by atoms with Gasteiger partial charge in [0.25, 0.3) is 0 Å². The van der Waals surface area contributed by atoms with E-state index >= 15 is 0 Å². The Labute approximate surface area is 223 Å². The SMILES string of the molecule is CCCCCCCCOC(=O)/C(CCCCCC)=C(\C(=O)OCCCCCCCC)C1CCCCC1. The second kappa shape index (κ2) is 22.8. The van der Waals surface area contributed by atoms with Gasteiger partial charge in [-0.05, 0) is 44.4 Å². The van der Waals surface area contributed by atoms with Crippen LogP contribution in [0.4, 0.5) is 0 Å². The second-order valence-corrected chi connectivity index (χ2v) is 10.8. The van der Waals surface area contributed by atoms with E-state index in [-0.39, 0.29) is 17.9 Å². The first kappa shape index (κ1) is 32.7. The number of hydrogen-bond acceptors (Lipinski definition) is 4. The standard InChI is InChI=1S/C32H58O4/c1-4-7-10-13-15-21-26-35-31(33)29(25-20-12-9-6-3)30(28-23-18-17-19-24-28)32(34)36-27-22-16-14-11-8-5-2/h28H,4-27H2,1-3H3/b30-29-. The van der Waals surface area contributed by atoms with E-state index in [1.54, 1.807) is 0 Å². The Morgan fingerprint density at radius 2 is 1.00 bits per heavy atom. The Kier molecular flexibility index (Phi) is 20.8. The van der Waals surface area contributed by atoms with E-state index in [2.05, 4.69) is 20.8 Å². The van der Waals surface area contributed by atoms with Gasteiger partial charge in [-0.15, -0.1) is 0 Å². The summed E-state index contributed by atoms with van der Waals surface area (Å²) in [7, 11) is 0. The molecule has 1 aliphatic rings. The zero-order valence-electron chi connectivity index (χ0n) is 24.2. The van der Waals surface area contributed by atoms with Crippen LogP contribution in [-0.2, 0) is 19.1 Å². The van der Waals surface area contributed by atoms with Gasteiger partial charge in [0.05, 0.1) is 18.8 Å². The molecule has 0 bridgehead atoms. The van der Waals surface area contributed by atoms with Crippen LogP contribution in [0.3, 0.4) is 0 Å². The lowest BCUT2D eigenvalue weighted by molar-refractivity contribution is -0.143. The second-order valence-electron chi connectivity index (χ2n) is 10.8. The van der Waals surface area contributed by atoms with Gasteiger partial charge in [-0.2, -0.15) is 0 Å². The lowest BCUT2D eigenvalue weighted by atomic mass is 9.80. The Morgan fingerprint density at radius 1 is 0.556 bits per heavy atom. The molecule has 0 aliphatic heterocycles. The van der Waals surface area contributed by atoms with Crippen molar-refractivity contribution >= 4 is 11.9 Å². The van der Waals surface area contributed by atoms with Gasteiger partial charge >= 0.3 is 11.9 Å². The highest BCUT2D eigenvalue weighted by Crippen LogP contribution is 2.34. The van der Waals surface area contributed by atoms with Gasteiger partial charge in [0, 0.05) is 5.57 Å². The molecule has 1 rings (SSSR count). The third-order valence-corrected chi connectivity index (χ3v) is 7.55. The molecule has 0 aromatic heterocycles. The molecular weight excluding hydrogens is 448 g/mol. The monoisotopic (exact) mass is 506 g/mol. The molecule has 0 aromatic rings. The summed E-state index contributed by atoms with van der Waals surface area (Å²) in [4.78, 5) is 26.7. The highest BCUT2D eigenvalue weighted by Gasteiger charge is 2.30. The molecule has 4 heteroatoms. The van der Waals surface area contributed by atoms with Gasteiger partial charge in [-0.3, -0.25) is 0 Å². The molecule has 0 spiro atoms. The molecule has 0 heterocycles. The maximum absolute atomic E-state index is 13.4. The fraction of sp³-hybridized carbons (Fsp3) is 0.875. The van der Waals surface area contributed by atoms with E-state index in [1.807, 2.05) is 0 Å². The van der Waals surface area contributed by atoms with Crippen LogP contribution in [0.15, 0.2) is 11.1 Å². The van der Waals surface area contributed by atoms with Crippen molar-refractivity contribution in [3.05, 3.63) is 11.1 Å². The number of unbranched alkanes of at least 4 members (excludes halogenated alkanes) is 13. The van der Waals surface area contributed by atoms with Crippen LogP contribution in [0.5, 0.6) is 0 Å². The number of rotatable bonds is 22. The van der Waals surface area contributed by atoms with Gasteiger partial charge < -0.3 is 9.47 Å². The van der Waals surface area contributed by atoms with Crippen molar-refractivity contribution in [3.63, 3.8) is 0 Å². The van der Waals surface area contributed by atoms with Gasteiger partial charge in [0.1, 0.15) is 0 Å². The minimum atomic E-state index is -0.267. The molecular formula is C32H58O4. The first-order valence-corrected chi connectivity index (χ1v) is 15.7. The molecule has 1 saturated carbocycles. The summed E-state index contributed by atoms with van der Waals surface area (Å²) in [5.74, 6) is -0.381. The fourth-order valence-electron chi connectivity index (χ4n) is 5.26. The van der Waals surface area contributed by atoms with Crippen LogP contribution < -0.4 is 0 Å². The molecule has 0 atom stereocenters. The number of hydrogen-bond donors (Lipinski definition) is 0. The van der Waals surface area contributed by atoms with Crippen LogP contribution in [0, 0.1) is 5.92 Å². The highest BCUT2D eigenvalue weighted by atomic mass is 16.5. The summed E-state index contributed by atoms with van der Waals surface area (Å²) < 4.78 is 11.6. The molecule has 210 valence electrons. The van der Waals surface area contributed by atoms with Crippen molar-refractivity contribution < 1.29 is 19.1 Å². The number of carbonyl (C=O) groups excluding carboxylic acids is 2. The molecule has 0 N–H and O–H groups in total. The Hall–Kier alpha value is -1.32. The third-order valence-electron chi connectivity index (χ3n) is 7.55. The molecule has 36 heavy (non-hydrogen) atoms. The third kappa shape index (κ3) is 15.1. The Bertz CT molecular complexity index is 589. The van der Waals surface area contributed by atoms with Crippen molar-refractivity contribution in [2.24, 2.45) is 5.92 Å². The first-order chi connectivity index (χ1) is 17.7. The average Bonchev–Trinajstić information content (AvgIpc) is 2.89. The number of ether oxygens (including phenoxy) is 2. The summed E-state index contributed by atoms with van der Waals surface area (Å²) in [5.41, 5.74) is 1.28. The van der Waals surface area contributed by atoms with Crippen molar-refractivity contribution in [2.75, 3.05) is 13.2 Å². The molecule has 0 radical (unpaired) electrons. The van der Waals surface area contributed by atoms with Gasteiger partial charge in [0.15, 0.2) is 0 Å². The molecule has 0 amide bonds. The van der Waals surface area contributed by atoms with E-state index in [9.17, 15) is 9.59 Å². The highest BCUT2D eigenvalue weighted by molar-refractivity contribution is 6.00. The van der Waals surface area contributed by atoms with E-state index in [1.165, 1.54) is 57.8 Å². The maximum Gasteiger partial charge on any atom is 0.334 e. The van der Waals surface area contributed by atoms with E-state index in [4.69, 9.17) is 9.47 Å². The smallest absolute Gasteiger partial charge is 0.334 e. The van der Waals surface area contributed by atoms with Crippen LogP contribution in [-0.4, -0.2) is 25.2 Å². The van der Waals surface area contributed by atoms with Crippen LogP contribution in [0.25, 0.3) is 0 Å². The summed E-state index contributed by atoms with van der Waals surface area (Å²) in [6.07, 6.45) is 24.3. The summed E-state index contributed by atoms with van der Waals surface area (Å²) >= 11 is 0. The zero-order chi connectivity index (χ0) is 26.3. The Morgan fingerprint density at radius 3 is 1.53 bits per heavy atom. The maximum atomic E-state index is 13.4. The predicted octanol–water partition coefficient (Wildman–Crippen LogP) is 9.64. The largest absolute Gasteiger partial charge is 0.462 e. The summed E-state index contributed by atoms with van der Waals surface area (Å²) in [5, 5.41) is 0. The minimum Gasteiger partial charge on any atom is -0.462 e. The number of carbonyl (C=O) groups is 2. The Balaban J connectivity index is 2.84. The quantitative estimate of drug-likeness (QED) is 0.0833. The average molecular weight is 507 g/mol. The van der Waals surface area contributed by atoms with Crippen LogP contribution >= 0.6 is 0 Å². The fourth-order valence-corrected chi connectivity index (χ4v) is 5.26. The van der Waals surface area contributed by atoms with Crippen molar-refractivity contribution in [3.8, 4) is 0 Å². The van der Waals surface area contributed by atoms with E-state index in [0.29, 0.717) is 30.8 Å². The van der Waals surface area contributed by atoms with Crippen molar-refractivity contribution in [1.82, 2.24) is 0 Å². The first-order valence-electron chi connectivity index (χ1n) is 15.7. The van der Waals surface area contributed by atoms with Crippen LogP contribution in [0.2, 0.25) is 0 Å². The predicted molar refractivity (Wildman–Crippen MR) is 151 cm³/mol. The topological polar surface area (TPSA) is 52.6 Å². The molecule has 0 aromatic carbocycles. The van der Waals surface area contributed by atoms with E-state index < -0.39 is 0 Å². The summed E-state index contributed by atoms with van der Waals surface area (Å²) in [6.45, 7) is 7.54. The molecule has 0 unspecified atom stereocenters. The number of esters is 2. The lowest BCUT2D eigenvalue weighted by Gasteiger charge is -2.26. The molecule has 1 aliphatic carbocycles. The van der Waals surface area contributed by atoms with Crippen molar-refractivity contribution in [1.29, 1.82) is 0 Å². The minimum absolute atomic E-state index is 0.138. The molecule has 4 nitrogen and oxygen atoms in total. The van der Waals surface area contributed by atoms with Gasteiger partial charge in [0.2, 0.25) is 0 Å².